The van der Waals surface area contributed by atoms with Gasteiger partial charge in [0, 0.05) is 26.0 Å². The highest BCUT2D eigenvalue weighted by atomic mass is 16.1. The summed E-state index contributed by atoms with van der Waals surface area (Å²) in [5.74, 6) is 0.880. The van der Waals surface area contributed by atoms with Gasteiger partial charge < -0.3 is 10.2 Å². The van der Waals surface area contributed by atoms with Crippen molar-refractivity contribution in [2.75, 3.05) is 24.3 Å². The first-order valence-electron chi connectivity index (χ1n) is 7.45. The summed E-state index contributed by atoms with van der Waals surface area (Å²) in [6.07, 6.45) is 1.69. The van der Waals surface area contributed by atoms with Crippen LogP contribution in [0.1, 0.15) is 41.3 Å². The van der Waals surface area contributed by atoms with Crippen molar-refractivity contribution in [1.82, 2.24) is 4.98 Å². The van der Waals surface area contributed by atoms with Crippen LogP contribution in [0, 0.1) is 6.92 Å². The number of aromatic nitrogens is 1. The predicted octanol–water partition coefficient (Wildman–Crippen LogP) is 3.83. The van der Waals surface area contributed by atoms with Gasteiger partial charge in [0.15, 0.2) is 0 Å². The van der Waals surface area contributed by atoms with Crippen molar-refractivity contribution in [2.24, 2.45) is 0 Å². The molecule has 0 aliphatic heterocycles. The molecule has 0 saturated heterocycles. The largest absolute Gasteiger partial charge is 0.362 e. The maximum Gasteiger partial charge on any atom is 0.259 e. The van der Waals surface area contributed by atoms with E-state index in [-0.39, 0.29) is 5.91 Å². The molecule has 0 radical (unpaired) electrons. The van der Waals surface area contributed by atoms with Crippen LogP contribution < -0.4 is 10.2 Å². The van der Waals surface area contributed by atoms with Gasteiger partial charge in [0.1, 0.15) is 5.82 Å². The molecule has 4 heteroatoms. The van der Waals surface area contributed by atoms with Crippen LogP contribution in [0.3, 0.4) is 0 Å². The van der Waals surface area contributed by atoms with E-state index in [4.69, 9.17) is 0 Å². The summed E-state index contributed by atoms with van der Waals surface area (Å²) in [5.41, 5.74) is 3.68. The Morgan fingerprint density at radius 1 is 1.18 bits per heavy atom. The number of aryl methyl sites for hydroxylation is 1. The molecule has 4 nitrogen and oxygen atoms in total. The Hall–Kier alpha value is -2.36. The number of carbonyl (C=O) groups is 1. The Kier molecular flexibility index (Phi) is 4.81. The molecule has 2 aromatic rings. The van der Waals surface area contributed by atoms with Gasteiger partial charge in [-0.3, -0.25) is 4.79 Å². The van der Waals surface area contributed by atoms with Gasteiger partial charge in [0.05, 0.1) is 5.56 Å². The minimum atomic E-state index is -0.131. The fraction of sp³-hybridized carbons (Fsp3) is 0.333. The van der Waals surface area contributed by atoms with Crippen LogP contribution in [0.4, 0.5) is 11.5 Å². The fourth-order valence-electron chi connectivity index (χ4n) is 2.45. The third-order valence-corrected chi connectivity index (χ3v) is 3.62. The van der Waals surface area contributed by atoms with Crippen LogP contribution >= 0.6 is 0 Å². The smallest absolute Gasteiger partial charge is 0.259 e. The summed E-state index contributed by atoms with van der Waals surface area (Å²) in [6.45, 7) is 6.26. The number of nitrogens with zero attached hydrogens (tertiary/aromatic N) is 2. The van der Waals surface area contributed by atoms with Crippen LogP contribution in [-0.4, -0.2) is 25.0 Å². The molecule has 1 aromatic heterocycles. The molecule has 1 aromatic carbocycles. The Morgan fingerprint density at radius 2 is 1.91 bits per heavy atom. The van der Waals surface area contributed by atoms with Crippen molar-refractivity contribution in [3.8, 4) is 0 Å². The van der Waals surface area contributed by atoms with Gasteiger partial charge in [-0.05, 0) is 36.1 Å². The minimum Gasteiger partial charge on any atom is -0.362 e. The zero-order chi connectivity index (χ0) is 16.3. The summed E-state index contributed by atoms with van der Waals surface area (Å²) in [4.78, 5) is 18.8. The van der Waals surface area contributed by atoms with E-state index in [1.807, 2.05) is 38.1 Å². The van der Waals surface area contributed by atoms with Gasteiger partial charge in [-0.15, -0.1) is 0 Å². The predicted molar refractivity (Wildman–Crippen MR) is 91.8 cm³/mol. The Bertz CT molecular complexity index is 678. The molecule has 0 bridgehead atoms. The lowest BCUT2D eigenvalue weighted by molar-refractivity contribution is 0.102. The van der Waals surface area contributed by atoms with Crippen molar-refractivity contribution in [2.45, 2.75) is 26.7 Å². The quantitative estimate of drug-likeness (QED) is 0.932. The van der Waals surface area contributed by atoms with Crippen molar-refractivity contribution < 1.29 is 4.79 Å². The van der Waals surface area contributed by atoms with E-state index >= 15 is 0 Å². The highest BCUT2D eigenvalue weighted by molar-refractivity contribution is 6.08. The fourth-order valence-corrected chi connectivity index (χ4v) is 2.45. The van der Waals surface area contributed by atoms with Gasteiger partial charge in [0.2, 0.25) is 0 Å². The van der Waals surface area contributed by atoms with E-state index in [2.05, 4.69) is 30.2 Å². The molecule has 1 amide bonds. The summed E-state index contributed by atoms with van der Waals surface area (Å²) in [5, 5.41) is 3.07. The molecule has 1 N–H and O–H groups in total. The summed E-state index contributed by atoms with van der Waals surface area (Å²) in [6, 6.07) is 9.67. The molecule has 116 valence electrons. The topological polar surface area (TPSA) is 45.2 Å². The van der Waals surface area contributed by atoms with Gasteiger partial charge in [-0.1, -0.05) is 32.0 Å². The number of para-hydroxylation sites is 1. The molecule has 0 aliphatic rings. The van der Waals surface area contributed by atoms with E-state index in [0.717, 1.165) is 16.8 Å². The highest BCUT2D eigenvalue weighted by Gasteiger charge is 2.17. The van der Waals surface area contributed by atoms with Crippen LogP contribution in [0.25, 0.3) is 0 Å². The van der Waals surface area contributed by atoms with Crippen LogP contribution in [0.15, 0.2) is 36.5 Å². The van der Waals surface area contributed by atoms with E-state index < -0.39 is 0 Å². The van der Waals surface area contributed by atoms with Crippen LogP contribution in [0.5, 0.6) is 0 Å². The number of hydrogen-bond acceptors (Lipinski definition) is 3. The maximum atomic E-state index is 12.7. The second-order valence-corrected chi connectivity index (χ2v) is 5.92. The number of benzene rings is 1. The number of pyridine rings is 1. The van der Waals surface area contributed by atoms with Crippen molar-refractivity contribution >= 4 is 17.4 Å². The van der Waals surface area contributed by atoms with E-state index in [1.165, 1.54) is 0 Å². The second kappa shape index (κ2) is 6.60. The number of nitrogens with one attached hydrogen (secondary N) is 1. The van der Waals surface area contributed by atoms with Crippen LogP contribution in [0.2, 0.25) is 0 Å². The molecule has 2 rings (SSSR count). The molecule has 0 aliphatic carbocycles. The molecule has 0 atom stereocenters. The summed E-state index contributed by atoms with van der Waals surface area (Å²) >= 11 is 0. The van der Waals surface area contributed by atoms with Crippen LogP contribution in [-0.2, 0) is 0 Å². The van der Waals surface area contributed by atoms with E-state index in [1.54, 1.807) is 18.3 Å². The van der Waals surface area contributed by atoms with Crippen molar-refractivity contribution in [3.05, 3.63) is 53.2 Å². The second-order valence-electron chi connectivity index (χ2n) is 5.92. The molecule has 0 fully saturated rings. The van der Waals surface area contributed by atoms with Gasteiger partial charge >= 0.3 is 0 Å². The number of anilines is 2. The van der Waals surface area contributed by atoms with E-state index in [0.29, 0.717) is 17.3 Å². The highest BCUT2D eigenvalue weighted by Crippen LogP contribution is 2.28. The van der Waals surface area contributed by atoms with Gasteiger partial charge in [-0.25, -0.2) is 4.98 Å². The van der Waals surface area contributed by atoms with Gasteiger partial charge in [-0.2, -0.15) is 0 Å². The standard InChI is InChI=1S/C18H23N3O/c1-12(2)14-9-6-8-13(3)16(14)20-18(22)15-10-7-11-19-17(15)21(4)5/h6-12H,1-5H3,(H,20,22). The van der Waals surface area contributed by atoms with Crippen molar-refractivity contribution in [1.29, 1.82) is 0 Å². The third kappa shape index (κ3) is 3.27. The Balaban J connectivity index is 2.39. The zero-order valence-electron chi connectivity index (χ0n) is 13.8. The zero-order valence-corrected chi connectivity index (χ0v) is 13.8. The van der Waals surface area contributed by atoms with Gasteiger partial charge in [0.25, 0.3) is 5.91 Å². The SMILES string of the molecule is Cc1cccc(C(C)C)c1NC(=O)c1cccnc1N(C)C. The first-order valence-corrected chi connectivity index (χ1v) is 7.45. The monoisotopic (exact) mass is 297 g/mol. The lowest BCUT2D eigenvalue weighted by atomic mass is 9.98. The summed E-state index contributed by atoms with van der Waals surface area (Å²) < 4.78 is 0. The average molecular weight is 297 g/mol. The average Bonchev–Trinajstić information content (AvgIpc) is 2.48. The number of rotatable bonds is 4. The van der Waals surface area contributed by atoms with E-state index in [9.17, 15) is 4.79 Å². The Labute approximate surface area is 132 Å². The third-order valence-electron chi connectivity index (χ3n) is 3.62. The summed E-state index contributed by atoms with van der Waals surface area (Å²) in [7, 11) is 3.76. The first-order chi connectivity index (χ1) is 10.4. The number of carbonyl (C=O) groups excluding carboxylic acids is 1. The molecule has 0 spiro atoms. The molecular weight excluding hydrogens is 274 g/mol. The number of hydrogen-bond donors (Lipinski definition) is 1. The minimum absolute atomic E-state index is 0.131. The Morgan fingerprint density at radius 3 is 2.55 bits per heavy atom. The molecular formula is C18H23N3O. The normalized spacial score (nSPS) is 10.6. The maximum absolute atomic E-state index is 12.7. The first kappa shape index (κ1) is 16.0. The lowest BCUT2D eigenvalue weighted by Gasteiger charge is -2.19. The molecule has 0 saturated carbocycles. The lowest BCUT2D eigenvalue weighted by Crippen LogP contribution is -2.20. The molecule has 1 heterocycles. The number of amides is 1. The molecule has 0 unspecified atom stereocenters. The molecule has 22 heavy (non-hydrogen) atoms. The van der Waals surface area contributed by atoms with Crippen molar-refractivity contribution in [3.63, 3.8) is 0 Å².